The number of thiazole rings is 1. The van der Waals surface area contributed by atoms with Gasteiger partial charge in [-0.1, -0.05) is 17.7 Å². The molecule has 2 aromatic rings. The van der Waals surface area contributed by atoms with Crippen molar-refractivity contribution in [3.05, 3.63) is 45.9 Å². The van der Waals surface area contributed by atoms with Crippen molar-refractivity contribution >= 4 is 11.3 Å². The van der Waals surface area contributed by atoms with Crippen molar-refractivity contribution in [3.63, 3.8) is 0 Å². The first-order valence-electron chi connectivity index (χ1n) is 7.72. The van der Waals surface area contributed by atoms with Crippen molar-refractivity contribution in [2.75, 3.05) is 13.1 Å². The summed E-state index contributed by atoms with van der Waals surface area (Å²) in [6.45, 7) is 5.19. The molecule has 0 radical (unpaired) electrons. The van der Waals surface area contributed by atoms with Crippen LogP contribution in [-0.4, -0.2) is 34.2 Å². The molecule has 1 aliphatic heterocycles. The Bertz CT molecular complexity index is 597. The van der Waals surface area contributed by atoms with E-state index in [0.717, 1.165) is 48.9 Å². The zero-order valence-corrected chi connectivity index (χ0v) is 13.7. The first-order valence-corrected chi connectivity index (χ1v) is 8.60. The minimum Gasteiger partial charge on any atom is -0.486 e. The number of likely N-dealkylation sites (tertiary alicyclic amines) is 1. The summed E-state index contributed by atoms with van der Waals surface area (Å²) in [5.41, 5.74) is 2.30. The predicted octanol–water partition coefficient (Wildman–Crippen LogP) is 2.99. The van der Waals surface area contributed by atoms with Gasteiger partial charge in [0.25, 0.3) is 0 Å². The molecule has 1 N–H and O–H groups in total. The van der Waals surface area contributed by atoms with Crippen LogP contribution in [-0.2, 0) is 13.2 Å². The number of aryl methyl sites for hydroxylation is 1. The van der Waals surface area contributed by atoms with E-state index in [0.29, 0.717) is 6.61 Å². The first-order chi connectivity index (χ1) is 10.7. The van der Waals surface area contributed by atoms with Crippen LogP contribution in [0.4, 0.5) is 0 Å². The van der Waals surface area contributed by atoms with Gasteiger partial charge in [0.15, 0.2) is 0 Å². The molecule has 3 rings (SSSR count). The van der Waals surface area contributed by atoms with Crippen LogP contribution in [0.15, 0.2) is 29.6 Å². The number of benzene rings is 1. The maximum Gasteiger partial charge on any atom is 0.140 e. The summed E-state index contributed by atoms with van der Waals surface area (Å²) in [6.07, 6.45) is 1.80. The Morgan fingerprint density at radius 2 is 2.18 bits per heavy atom. The van der Waals surface area contributed by atoms with E-state index in [9.17, 15) is 5.11 Å². The monoisotopic (exact) mass is 318 g/mol. The number of β-amino-alcohol motifs (C(OH)–C–C–N with tert-alkyl or cyclic N) is 1. The highest BCUT2D eigenvalue weighted by molar-refractivity contribution is 7.09. The molecular formula is C17H22N2O2S. The van der Waals surface area contributed by atoms with Gasteiger partial charge in [0.1, 0.15) is 17.4 Å². The fraction of sp³-hybridized carbons (Fsp3) is 0.471. The summed E-state index contributed by atoms with van der Waals surface area (Å²) in [6, 6.07) is 8.06. The van der Waals surface area contributed by atoms with Crippen molar-refractivity contribution in [1.82, 2.24) is 9.88 Å². The average molecular weight is 318 g/mol. The summed E-state index contributed by atoms with van der Waals surface area (Å²) in [5, 5.41) is 12.8. The van der Waals surface area contributed by atoms with Gasteiger partial charge in [-0.15, -0.1) is 11.3 Å². The summed E-state index contributed by atoms with van der Waals surface area (Å²) in [5.74, 6) is 0.876. The lowest BCUT2D eigenvalue weighted by Crippen LogP contribution is -2.37. The second-order valence-corrected chi connectivity index (χ2v) is 6.81. The Morgan fingerprint density at radius 3 is 2.95 bits per heavy atom. The number of hydrogen-bond donors (Lipinski definition) is 1. The molecule has 0 aliphatic carbocycles. The fourth-order valence-corrected chi connectivity index (χ4v) is 3.37. The molecule has 0 spiro atoms. The lowest BCUT2D eigenvalue weighted by Gasteiger charge is -2.29. The minimum absolute atomic E-state index is 0.184. The number of hydrogen-bond acceptors (Lipinski definition) is 5. The maximum absolute atomic E-state index is 9.71. The molecule has 1 fully saturated rings. The van der Waals surface area contributed by atoms with E-state index in [1.807, 2.05) is 24.3 Å². The molecule has 1 aromatic carbocycles. The van der Waals surface area contributed by atoms with Gasteiger partial charge in [-0.25, -0.2) is 4.98 Å². The lowest BCUT2D eigenvalue weighted by molar-refractivity contribution is 0.0662. The lowest BCUT2D eigenvalue weighted by atomic mass is 10.1. The van der Waals surface area contributed by atoms with E-state index in [2.05, 4.69) is 22.2 Å². The SMILES string of the molecule is Cc1ccc(OCc2nc(CN3CCCC(O)C3)cs2)cc1. The minimum atomic E-state index is -0.184. The third-order valence-electron chi connectivity index (χ3n) is 3.85. The van der Waals surface area contributed by atoms with E-state index in [1.165, 1.54) is 5.56 Å². The van der Waals surface area contributed by atoms with Crippen LogP contribution in [0.5, 0.6) is 5.75 Å². The largest absolute Gasteiger partial charge is 0.486 e. The number of ether oxygens (including phenoxy) is 1. The zero-order chi connectivity index (χ0) is 15.4. The van der Waals surface area contributed by atoms with Gasteiger partial charge < -0.3 is 9.84 Å². The van der Waals surface area contributed by atoms with Crippen LogP contribution in [0.2, 0.25) is 0 Å². The fourth-order valence-electron chi connectivity index (χ4n) is 2.67. The molecule has 1 saturated heterocycles. The van der Waals surface area contributed by atoms with Gasteiger partial charge in [0.05, 0.1) is 11.8 Å². The van der Waals surface area contributed by atoms with Crippen LogP contribution in [0.3, 0.4) is 0 Å². The number of aliphatic hydroxyl groups excluding tert-OH is 1. The molecule has 1 atom stereocenters. The van der Waals surface area contributed by atoms with Gasteiger partial charge >= 0.3 is 0 Å². The highest BCUT2D eigenvalue weighted by Gasteiger charge is 2.18. The normalized spacial score (nSPS) is 19.3. The second-order valence-electron chi connectivity index (χ2n) is 5.87. The summed E-state index contributed by atoms with van der Waals surface area (Å²) >= 11 is 1.64. The first kappa shape index (κ1) is 15.5. The Morgan fingerprint density at radius 1 is 1.36 bits per heavy atom. The molecule has 1 aliphatic rings. The van der Waals surface area contributed by atoms with Crippen LogP contribution < -0.4 is 4.74 Å². The number of aliphatic hydroxyl groups is 1. The third kappa shape index (κ3) is 4.29. The molecule has 0 bridgehead atoms. The van der Waals surface area contributed by atoms with Crippen molar-refractivity contribution < 1.29 is 9.84 Å². The average Bonchev–Trinajstić information content (AvgIpc) is 2.94. The van der Waals surface area contributed by atoms with Crippen molar-refractivity contribution in [1.29, 1.82) is 0 Å². The molecular weight excluding hydrogens is 296 g/mol. The van der Waals surface area contributed by atoms with Crippen LogP contribution in [0, 0.1) is 6.92 Å². The van der Waals surface area contributed by atoms with Crippen molar-refractivity contribution in [2.24, 2.45) is 0 Å². The maximum atomic E-state index is 9.71. The Labute approximate surface area is 135 Å². The quantitative estimate of drug-likeness (QED) is 0.920. The Balaban J connectivity index is 1.51. The van der Waals surface area contributed by atoms with E-state index in [4.69, 9.17) is 4.74 Å². The van der Waals surface area contributed by atoms with Crippen LogP contribution in [0.1, 0.15) is 29.1 Å². The zero-order valence-electron chi connectivity index (χ0n) is 12.9. The molecule has 1 aromatic heterocycles. The number of piperidine rings is 1. The molecule has 22 heavy (non-hydrogen) atoms. The molecule has 118 valence electrons. The van der Waals surface area contributed by atoms with E-state index >= 15 is 0 Å². The molecule has 4 nitrogen and oxygen atoms in total. The van der Waals surface area contributed by atoms with E-state index in [1.54, 1.807) is 11.3 Å². The second kappa shape index (κ2) is 7.22. The van der Waals surface area contributed by atoms with Gasteiger partial charge in [-0.05, 0) is 38.4 Å². The summed E-state index contributed by atoms with van der Waals surface area (Å²) in [4.78, 5) is 6.90. The summed E-state index contributed by atoms with van der Waals surface area (Å²) in [7, 11) is 0. The summed E-state index contributed by atoms with van der Waals surface area (Å²) < 4.78 is 5.76. The van der Waals surface area contributed by atoms with Gasteiger partial charge in [-0.3, -0.25) is 4.90 Å². The number of aromatic nitrogens is 1. The molecule has 2 heterocycles. The third-order valence-corrected chi connectivity index (χ3v) is 4.72. The number of rotatable bonds is 5. The van der Waals surface area contributed by atoms with Gasteiger partial charge in [0, 0.05) is 18.5 Å². The Hall–Kier alpha value is -1.43. The smallest absolute Gasteiger partial charge is 0.140 e. The molecule has 0 amide bonds. The Kier molecular flexibility index (Phi) is 5.08. The van der Waals surface area contributed by atoms with Crippen molar-refractivity contribution in [2.45, 2.75) is 39.0 Å². The number of nitrogens with zero attached hydrogens (tertiary/aromatic N) is 2. The van der Waals surface area contributed by atoms with Crippen molar-refractivity contribution in [3.8, 4) is 5.75 Å². The van der Waals surface area contributed by atoms with E-state index in [-0.39, 0.29) is 6.10 Å². The topological polar surface area (TPSA) is 45.6 Å². The highest BCUT2D eigenvalue weighted by Crippen LogP contribution is 2.18. The molecule has 5 heteroatoms. The molecule has 0 saturated carbocycles. The predicted molar refractivity (Wildman–Crippen MR) is 88.1 cm³/mol. The standard InChI is InChI=1S/C17H22N2O2S/c1-13-4-6-16(7-5-13)21-11-17-18-14(12-22-17)9-19-8-2-3-15(20)10-19/h4-7,12,15,20H,2-3,8-11H2,1H3. The highest BCUT2D eigenvalue weighted by atomic mass is 32.1. The van der Waals surface area contributed by atoms with E-state index < -0.39 is 0 Å². The van der Waals surface area contributed by atoms with Crippen LogP contribution >= 0.6 is 11.3 Å². The van der Waals surface area contributed by atoms with Gasteiger partial charge in [0.2, 0.25) is 0 Å². The van der Waals surface area contributed by atoms with Gasteiger partial charge in [-0.2, -0.15) is 0 Å². The van der Waals surface area contributed by atoms with Crippen LogP contribution in [0.25, 0.3) is 0 Å². The molecule has 1 unspecified atom stereocenters.